The fraction of sp³-hybridized carbons (Fsp3) is 0.121. The van der Waals surface area contributed by atoms with Gasteiger partial charge in [0.05, 0.1) is 6.04 Å². The predicted molar refractivity (Wildman–Crippen MR) is 154 cm³/mol. The standard InChI is InChI=1S/C33H28N4O2/c1-37(21-22-7-5-17-34-20-22)33(39)26-15-16-29-28(19-26)30(31(36-29)27-10-6-18-35-32(27)38)25-13-11-24(12-14-25)23-8-3-2-4-9-23/h2-20,30-31,36H,21H2,1H3,(H,35,38). The highest BCUT2D eigenvalue weighted by molar-refractivity contribution is 5.95. The number of benzene rings is 3. The fourth-order valence-electron chi connectivity index (χ4n) is 5.39. The van der Waals surface area contributed by atoms with Crippen LogP contribution in [0.25, 0.3) is 11.1 Å². The summed E-state index contributed by atoms with van der Waals surface area (Å²) in [5.74, 6) is -0.217. The Balaban J connectivity index is 1.37. The predicted octanol–water partition coefficient (Wildman–Crippen LogP) is 6.01. The number of amides is 1. The van der Waals surface area contributed by atoms with Gasteiger partial charge in [0.2, 0.25) is 0 Å². The number of aromatic nitrogens is 2. The second-order valence-corrected chi connectivity index (χ2v) is 9.87. The summed E-state index contributed by atoms with van der Waals surface area (Å²) in [5.41, 5.74) is 7.38. The van der Waals surface area contributed by atoms with E-state index in [1.165, 1.54) is 0 Å². The summed E-state index contributed by atoms with van der Waals surface area (Å²) in [5, 5.41) is 3.57. The van der Waals surface area contributed by atoms with Crippen molar-refractivity contribution in [1.82, 2.24) is 14.9 Å². The van der Waals surface area contributed by atoms with E-state index >= 15 is 0 Å². The molecule has 0 aliphatic carbocycles. The van der Waals surface area contributed by atoms with E-state index in [-0.39, 0.29) is 23.4 Å². The van der Waals surface area contributed by atoms with Crippen LogP contribution < -0.4 is 10.9 Å². The zero-order valence-corrected chi connectivity index (χ0v) is 21.5. The SMILES string of the molecule is CN(Cc1cccnc1)C(=O)c1ccc2c(c1)C(c1ccc(-c3ccccc3)cc1)C(c1ccc[nH]c1=O)N2. The van der Waals surface area contributed by atoms with E-state index in [0.717, 1.165) is 33.5 Å². The number of pyridine rings is 2. The molecule has 2 unspecified atom stereocenters. The first-order chi connectivity index (χ1) is 19.1. The lowest BCUT2D eigenvalue weighted by molar-refractivity contribution is 0.0785. The van der Waals surface area contributed by atoms with Gasteiger partial charge < -0.3 is 15.2 Å². The molecule has 0 bridgehead atoms. The minimum Gasteiger partial charge on any atom is -0.377 e. The summed E-state index contributed by atoms with van der Waals surface area (Å²) < 4.78 is 0. The Morgan fingerprint density at radius 2 is 1.67 bits per heavy atom. The number of H-pyrrole nitrogens is 1. The van der Waals surface area contributed by atoms with Crippen LogP contribution in [-0.4, -0.2) is 27.8 Å². The van der Waals surface area contributed by atoms with Gasteiger partial charge in [-0.2, -0.15) is 0 Å². The molecule has 0 fully saturated rings. The summed E-state index contributed by atoms with van der Waals surface area (Å²) in [6, 6.07) is 31.8. The molecular formula is C33H28N4O2. The molecule has 6 heteroatoms. The molecule has 1 aliphatic heterocycles. The Bertz CT molecular complexity index is 1660. The van der Waals surface area contributed by atoms with Crippen LogP contribution in [0.2, 0.25) is 0 Å². The third kappa shape index (κ3) is 4.84. The van der Waals surface area contributed by atoms with Crippen molar-refractivity contribution in [2.24, 2.45) is 0 Å². The van der Waals surface area contributed by atoms with Crippen molar-refractivity contribution in [3.63, 3.8) is 0 Å². The summed E-state index contributed by atoms with van der Waals surface area (Å²) in [4.78, 5) is 34.9. The van der Waals surface area contributed by atoms with Crippen molar-refractivity contribution in [2.75, 3.05) is 12.4 Å². The minimum absolute atomic E-state index is 0.0687. The molecule has 39 heavy (non-hydrogen) atoms. The maximum atomic E-state index is 13.4. The first-order valence-corrected chi connectivity index (χ1v) is 13.0. The molecule has 3 aromatic carbocycles. The highest BCUT2D eigenvalue weighted by Crippen LogP contribution is 2.47. The monoisotopic (exact) mass is 512 g/mol. The van der Waals surface area contributed by atoms with Crippen LogP contribution in [0.5, 0.6) is 0 Å². The van der Waals surface area contributed by atoms with Gasteiger partial charge in [0.1, 0.15) is 0 Å². The quantitative estimate of drug-likeness (QED) is 0.292. The first kappa shape index (κ1) is 24.4. The van der Waals surface area contributed by atoms with Crippen LogP contribution in [0.3, 0.4) is 0 Å². The van der Waals surface area contributed by atoms with E-state index in [1.807, 2.05) is 60.7 Å². The molecule has 0 radical (unpaired) electrons. The van der Waals surface area contributed by atoms with Crippen LogP contribution in [0.1, 0.15) is 44.6 Å². The van der Waals surface area contributed by atoms with Gasteiger partial charge in [0.15, 0.2) is 0 Å². The van der Waals surface area contributed by atoms with Crippen molar-refractivity contribution in [2.45, 2.75) is 18.5 Å². The smallest absolute Gasteiger partial charge is 0.253 e. The summed E-state index contributed by atoms with van der Waals surface area (Å²) >= 11 is 0. The van der Waals surface area contributed by atoms with Crippen LogP contribution in [0.15, 0.2) is 120 Å². The zero-order valence-electron chi connectivity index (χ0n) is 21.5. The van der Waals surface area contributed by atoms with Crippen LogP contribution in [0.4, 0.5) is 5.69 Å². The number of fused-ring (bicyclic) bond motifs is 1. The number of rotatable bonds is 6. The van der Waals surface area contributed by atoms with Gasteiger partial charge in [-0.25, -0.2) is 0 Å². The van der Waals surface area contributed by atoms with Crippen molar-refractivity contribution < 1.29 is 4.79 Å². The minimum atomic E-state index is -0.272. The Hall–Kier alpha value is -4.97. The molecule has 2 aromatic heterocycles. The molecule has 3 heterocycles. The molecule has 2 N–H and O–H groups in total. The van der Waals surface area contributed by atoms with Crippen LogP contribution >= 0.6 is 0 Å². The van der Waals surface area contributed by atoms with Crippen molar-refractivity contribution >= 4 is 11.6 Å². The molecular weight excluding hydrogens is 484 g/mol. The number of aromatic amines is 1. The van der Waals surface area contributed by atoms with Crippen LogP contribution in [0, 0.1) is 0 Å². The lowest BCUT2D eigenvalue weighted by atomic mass is 9.84. The Morgan fingerprint density at radius 3 is 2.41 bits per heavy atom. The van der Waals surface area contributed by atoms with E-state index in [2.05, 4.69) is 51.7 Å². The number of anilines is 1. The van der Waals surface area contributed by atoms with Gasteiger partial charge in [0, 0.05) is 54.9 Å². The number of carbonyl (C=O) groups is 1. The third-order valence-corrected chi connectivity index (χ3v) is 7.33. The number of nitrogens with zero attached hydrogens (tertiary/aromatic N) is 2. The third-order valence-electron chi connectivity index (χ3n) is 7.33. The number of hydrogen-bond acceptors (Lipinski definition) is 4. The molecule has 6 rings (SSSR count). The van der Waals surface area contributed by atoms with Crippen molar-refractivity contribution in [3.05, 3.63) is 154 Å². The molecule has 0 saturated heterocycles. The molecule has 6 nitrogen and oxygen atoms in total. The van der Waals surface area contributed by atoms with E-state index < -0.39 is 0 Å². The molecule has 2 atom stereocenters. The van der Waals surface area contributed by atoms with Gasteiger partial charge in [-0.3, -0.25) is 14.6 Å². The topological polar surface area (TPSA) is 78.1 Å². The van der Waals surface area contributed by atoms with E-state index in [1.54, 1.807) is 30.5 Å². The summed E-state index contributed by atoms with van der Waals surface area (Å²) in [7, 11) is 1.80. The maximum Gasteiger partial charge on any atom is 0.253 e. The van der Waals surface area contributed by atoms with Gasteiger partial charge in [-0.15, -0.1) is 0 Å². The molecule has 1 amide bonds. The average molecular weight is 513 g/mol. The van der Waals surface area contributed by atoms with E-state index in [9.17, 15) is 9.59 Å². The lowest BCUT2D eigenvalue weighted by Crippen LogP contribution is -2.26. The van der Waals surface area contributed by atoms with Gasteiger partial charge >= 0.3 is 0 Å². The Labute approximate surface area is 227 Å². The van der Waals surface area contributed by atoms with E-state index in [4.69, 9.17) is 0 Å². The Morgan fingerprint density at radius 1 is 0.872 bits per heavy atom. The highest BCUT2D eigenvalue weighted by atomic mass is 16.2. The largest absolute Gasteiger partial charge is 0.377 e. The molecule has 5 aromatic rings. The number of hydrogen-bond donors (Lipinski definition) is 2. The number of nitrogens with one attached hydrogen (secondary N) is 2. The second-order valence-electron chi connectivity index (χ2n) is 9.87. The summed E-state index contributed by atoms with van der Waals surface area (Å²) in [6.07, 6.45) is 5.14. The second kappa shape index (κ2) is 10.4. The first-order valence-electron chi connectivity index (χ1n) is 13.0. The van der Waals surface area contributed by atoms with Crippen LogP contribution in [-0.2, 0) is 6.54 Å². The normalized spacial score (nSPS) is 15.8. The summed E-state index contributed by atoms with van der Waals surface area (Å²) in [6.45, 7) is 0.467. The van der Waals surface area contributed by atoms with Gasteiger partial charge in [0.25, 0.3) is 11.5 Å². The molecule has 1 aliphatic rings. The fourth-order valence-corrected chi connectivity index (χ4v) is 5.39. The maximum absolute atomic E-state index is 13.4. The van der Waals surface area contributed by atoms with Gasteiger partial charge in [-0.05, 0) is 64.2 Å². The molecule has 192 valence electrons. The highest BCUT2D eigenvalue weighted by Gasteiger charge is 2.36. The molecule has 0 spiro atoms. The average Bonchev–Trinajstić information content (AvgIpc) is 3.36. The lowest BCUT2D eigenvalue weighted by Gasteiger charge is -2.22. The zero-order chi connectivity index (χ0) is 26.8. The van der Waals surface area contributed by atoms with E-state index in [0.29, 0.717) is 17.7 Å². The molecule has 0 saturated carbocycles. The van der Waals surface area contributed by atoms with Crippen molar-refractivity contribution in [3.8, 4) is 11.1 Å². The van der Waals surface area contributed by atoms with Gasteiger partial charge in [-0.1, -0.05) is 60.7 Å². The van der Waals surface area contributed by atoms with Crippen molar-refractivity contribution in [1.29, 1.82) is 0 Å². The Kier molecular flexibility index (Phi) is 6.51. The number of carbonyl (C=O) groups excluding carboxylic acids is 1.